The lowest BCUT2D eigenvalue weighted by molar-refractivity contribution is -0.384. The Labute approximate surface area is 232 Å². The van der Waals surface area contributed by atoms with E-state index < -0.39 is 16.4 Å². The van der Waals surface area contributed by atoms with E-state index in [1.54, 1.807) is 13.1 Å². The van der Waals surface area contributed by atoms with Gasteiger partial charge in [0.25, 0.3) is 11.6 Å². The van der Waals surface area contributed by atoms with Crippen LogP contribution in [0.25, 0.3) is 10.9 Å². The quantitative estimate of drug-likeness (QED) is 0.187. The highest BCUT2D eigenvalue weighted by atomic mass is 16.6. The number of rotatable bonds is 9. The second kappa shape index (κ2) is 11.7. The summed E-state index contributed by atoms with van der Waals surface area (Å²) in [6.07, 6.45) is 9.22. The summed E-state index contributed by atoms with van der Waals surface area (Å²) in [6.45, 7) is 1.73. The molecule has 1 aliphatic rings. The summed E-state index contributed by atoms with van der Waals surface area (Å²) < 4.78 is 0. The monoisotopic (exact) mass is 539 g/mol. The molecule has 9 nitrogen and oxygen atoms in total. The molecule has 1 unspecified atom stereocenters. The first kappa shape index (κ1) is 27.1. The number of hydrogen-bond donors (Lipinski definition) is 3. The molecule has 0 radical (unpaired) electrons. The maximum atomic E-state index is 14.2. The molecule has 1 saturated carbocycles. The van der Waals surface area contributed by atoms with Crippen molar-refractivity contribution in [2.75, 3.05) is 0 Å². The normalized spacial score (nSPS) is 16.1. The van der Waals surface area contributed by atoms with E-state index in [0.29, 0.717) is 0 Å². The molecule has 0 spiro atoms. The SMILES string of the molecule is C[C@@](Cc1c[nH]c2ccccc12)(NC(=O)c1ccc([N+](=O)[O-])cc1)C(=O)NC(c1ccccn1)C1CCCCC1. The van der Waals surface area contributed by atoms with Crippen molar-refractivity contribution >= 4 is 28.4 Å². The van der Waals surface area contributed by atoms with Crippen molar-refractivity contribution in [3.8, 4) is 0 Å². The number of nitro benzene ring substituents is 1. The standard InChI is InChI=1S/C31H33N5O4/c1-31(19-23-20-33-26-12-6-5-11-25(23)26,35-29(37)22-14-16-24(17-15-22)36(39)40)30(38)34-28(21-9-3-2-4-10-21)27-13-7-8-18-32-27/h5-8,11-18,20-21,28,33H,2-4,9-10,19H2,1H3,(H,34,38)(H,35,37)/t28?,31-/m0/s1. The van der Waals surface area contributed by atoms with Crippen LogP contribution in [0.3, 0.4) is 0 Å². The molecule has 3 N–H and O–H groups in total. The lowest BCUT2D eigenvalue weighted by Crippen LogP contribution is -2.59. The van der Waals surface area contributed by atoms with E-state index in [4.69, 9.17) is 0 Å². The van der Waals surface area contributed by atoms with Gasteiger partial charge in [-0.05, 0) is 61.6 Å². The number of carbonyl (C=O) groups is 2. The zero-order valence-corrected chi connectivity index (χ0v) is 22.4. The molecule has 5 rings (SSSR count). The Balaban J connectivity index is 1.47. The Bertz CT molecular complexity index is 1500. The van der Waals surface area contributed by atoms with Crippen molar-refractivity contribution in [1.82, 2.24) is 20.6 Å². The van der Waals surface area contributed by atoms with Gasteiger partial charge < -0.3 is 15.6 Å². The molecule has 2 aromatic carbocycles. The van der Waals surface area contributed by atoms with E-state index in [9.17, 15) is 19.7 Å². The highest BCUT2D eigenvalue weighted by molar-refractivity contribution is 5.99. The molecule has 1 aliphatic carbocycles. The van der Waals surface area contributed by atoms with E-state index in [1.165, 1.54) is 30.7 Å². The molecular weight excluding hydrogens is 506 g/mol. The number of hydrogen-bond acceptors (Lipinski definition) is 5. The largest absolute Gasteiger partial charge is 0.361 e. The molecule has 4 aromatic rings. The summed E-state index contributed by atoms with van der Waals surface area (Å²) in [7, 11) is 0. The molecule has 0 bridgehead atoms. The Hall–Kier alpha value is -4.53. The first-order valence-corrected chi connectivity index (χ1v) is 13.7. The number of carbonyl (C=O) groups excluding carboxylic acids is 2. The number of benzene rings is 2. The van der Waals surface area contributed by atoms with Crippen molar-refractivity contribution < 1.29 is 14.5 Å². The summed E-state index contributed by atoms with van der Waals surface area (Å²) in [5.41, 5.74) is 1.43. The fourth-order valence-electron chi connectivity index (χ4n) is 5.66. The van der Waals surface area contributed by atoms with E-state index in [2.05, 4.69) is 20.6 Å². The summed E-state index contributed by atoms with van der Waals surface area (Å²) in [4.78, 5) is 46.0. The van der Waals surface area contributed by atoms with Gasteiger partial charge in [-0.1, -0.05) is 43.5 Å². The van der Waals surface area contributed by atoms with Crippen LogP contribution in [0.15, 0.2) is 79.1 Å². The van der Waals surface area contributed by atoms with Crippen molar-refractivity contribution in [1.29, 1.82) is 0 Å². The van der Waals surface area contributed by atoms with Crippen molar-refractivity contribution in [3.63, 3.8) is 0 Å². The first-order chi connectivity index (χ1) is 19.3. The predicted octanol–water partition coefficient (Wildman–Crippen LogP) is 5.64. The van der Waals surface area contributed by atoms with Crippen LogP contribution < -0.4 is 10.6 Å². The van der Waals surface area contributed by atoms with Gasteiger partial charge in [0.05, 0.1) is 16.7 Å². The van der Waals surface area contributed by atoms with Gasteiger partial charge in [-0.25, -0.2) is 0 Å². The maximum absolute atomic E-state index is 14.2. The fourth-order valence-corrected chi connectivity index (χ4v) is 5.66. The molecule has 2 heterocycles. The molecule has 2 atom stereocenters. The van der Waals surface area contributed by atoms with Crippen LogP contribution in [0, 0.1) is 16.0 Å². The lowest BCUT2D eigenvalue weighted by atomic mass is 9.81. The van der Waals surface area contributed by atoms with Gasteiger partial charge >= 0.3 is 0 Å². The zero-order valence-electron chi connectivity index (χ0n) is 22.4. The number of amides is 2. The van der Waals surface area contributed by atoms with Crippen LogP contribution in [0.2, 0.25) is 0 Å². The molecule has 40 heavy (non-hydrogen) atoms. The van der Waals surface area contributed by atoms with Crippen LogP contribution in [0.4, 0.5) is 5.69 Å². The molecular formula is C31H33N5O4. The minimum atomic E-state index is -1.33. The van der Waals surface area contributed by atoms with E-state index >= 15 is 0 Å². The smallest absolute Gasteiger partial charge is 0.269 e. The number of nitrogens with one attached hydrogen (secondary N) is 3. The average Bonchev–Trinajstić information content (AvgIpc) is 3.39. The molecule has 0 aliphatic heterocycles. The van der Waals surface area contributed by atoms with Crippen molar-refractivity contribution in [2.24, 2.45) is 5.92 Å². The number of nitro groups is 1. The van der Waals surface area contributed by atoms with E-state index in [-0.39, 0.29) is 35.5 Å². The number of fused-ring (bicyclic) bond motifs is 1. The molecule has 9 heteroatoms. The average molecular weight is 540 g/mol. The number of aromatic amines is 1. The highest BCUT2D eigenvalue weighted by Crippen LogP contribution is 2.34. The predicted molar refractivity (Wildman–Crippen MR) is 153 cm³/mol. The third-order valence-electron chi connectivity index (χ3n) is 7.86. The van der Waals surface area contributed by atoms with E-state index in [0.717, 1.165) is 47.8 Å². The first-order valence-electron chi connectivity index (χ1n) is 13.7. The third kappa shape index (κ3) is 5.88. The number of nitrogens with zero attached hydrogens (tertiary/aromatic N) is 2. The van der Waals surface area contributed by atoms with Crippen LogP contribution in [0.1, 0.15) is 66.7 Å². The van der Waals surface area contributed by atoms with Crippen LogP contribution >= 0.6 is 0 Å². The summed E-state index contributed by atoms with van der Waals surface area (Å²) in [5.74, 6) is -0.552. The number of non-ortho nitro benzene ring substituents is 1. The molecule has 2 aromatic heterocycles. The number of para-hydroxylation sites is 1. The van der Waals surface area contributed by atoms with Gasteiger partial charge in [0.2, 0.25) is 5.91 Å². The minimum absolute atomic E-state index is 0.110. The molecule has 1 fully saturated rings. The van der Waals surface area contributed by atoms with E-state index in [1.807, 2.05) is 48.7 Å². The van der Waals surface area contributed by atoms with Crippen molar-refractivity contribution in [3.05, 3.63) is 106 Å². The summed E-state index contributed by atoms with van der Waals surface area (Å²) in [5, 5.41) is 18.3. The minimum Gasteiger partial charge on any atom is -0.361 e. The van der Waals surface area contributed by atoms with Crippen LogP contribution in [-0.4, -0.2) is 32.2 Å². The van der Waals surface area contributed by atoms with Crippen LogP contribution in [-0.2, 0) is 11.2 Å². The fraction of sp³-hybridized carbons (Fsp3) is 0.323. The second-order valence-electron chi connectivity index (χ2n) is 10.7. The van der Waals surface area contributed by atoms with Crippen LogP contribution in [0.5, 0.6) is 0 Å². The Morgan fingerprint density at radius 2 is 1.77 bits per heavy atom. The maximum Gasteiger partial charge on any atom is 0.269 e. The second-order valence-corrected chi connectivity index (χ2v) is 10.7. The molecule has 206 valence electrons. The summed E-state index contributed by atoms with van der Waals surface area (Å²) >= 11 is 0. The Kier molecular flexibility index (Phi) is 7.91. The lowest BCUT2D eigenvalue weighted by Gasteiger charge is -2.35. The van der Waals surface area contributed by atoms with Gasteiger partial charge in [0.1, 0.15) is 5.54 Å². The molecule has 2 amide bonds. The molecule has 0 saturated heterocycles. The van der Waals surface area contributed by atoms with Gasteiger partial charge in [0, 0.05) is 47.4 Å². The summed E-state index contributed by atoms with van der Waals surface area (Å²) in [6, 6.07) is 18.6. The van der Waals surface area contributed by atoms with Crippen molar-refractivity contribution in [2.45, 2.75) is 57.0 Å². The van der Waals surface area contributed by atoms with Gasteiger partial charge in [-0.2, -0.15) is 0 Å². The Morgan fingerprint density at radius 3 is 2.48 bits per heavy atom. The number of H-pyrrole nitrogens is 1. The van der Waals surface area contributed by atoms with Gasteiger partial charge in [0.15, 0.2) is 0 Å². The Morgan fingerprint density at radius 1 is 1.05 bits per heavy atom. The topological polar surface area (TPSA) is 130 Å². The van der Waals surface area contributed by atoms with Gasteiger partial charge in [-0.3, -0.25) is 24.7 Å². The third-order valence-corrected chi connectivity index (χ3v) is 7.86. The zero-order chi connectivity index (χ0) is 28.1. The number of aromatic nitrogens is 2. The number of pyridine rings is 1. The highest BCUT2D eigenvalue weighted by Gasteiger charge is 2.39. The van der Waals surface area contributed by atoms with Gasteiger partial charge in [-0.15, -0.1) is 0 Å².